The number of nitrogens with zero attached hydrogens (tertiary/aromatic N) is 1. The van der Waals surface area contributed by atoms with Gasteiger partial charge in [-0.3, -0.25) is 0 Å². The Kier molecular flexibility index (Phi) is 15.2. The van der Waals surface area contributed by atoms with Crippen LogP contribution in [0.4, 0.5) is 11.4 Å². The molecule has 3 rings (SSSR count). The summed E-state index contributed by atoms with van der Waals surface area (Å²) >= 11 is 0. The molecular weight excluding hydrogens is 491 g/mol. The Morgan fingerprint density at radius 3 is 1.84 bits per heavy atom. The van der Waals surface area contributed by atoms with Crippen LogP contribution in [0.1, 0.15) is 109 Å². The molecule has 0 amide bonds. The summed E-state index contributed by atoms with van der Waals surface area (Å²) in [5.74, 6) is 0. The quantitative estimate of drug-likeness (QED) is 0.161. The van der Waals surface area contributed by atoms with Crippen molar-refractivity contribution in [3.63, 3.8) is 0 Å². The molecule has 0 aromatic heterocycles. The van der Waals surface area contributed by atoms with E-state index in [0.717, 1.165) is 24.1 Å². The van der Waals surface area contributed by atoms with Gasteiger partial charge in [0.15, 0.2) is 0 Å². The second-order valence-electron chi connectivity index (χ2n) is 10.3. The van der Waals surface area contributed by atoms with E-state index in [0.29, 0.717) is 12.2 Å². The van der Waals surface area contributed by atoms with Gasteiger partial charge in [0.1, 0.15) is 10.1 Å². The van der Waals surface area contributed by atoms with Gasteiger partial charge in [-0.05, 0) is 30.5 Å². The van der Waals surface area contributed by atoms with Crippen LogP contribution in [0.15, 0.2) is 53.4 Å². The molecule has 200 valence electrons. The fourth-order valence-corrected chi connectivity index (χ4v) is 5.92. The van der Waals surface area contributed by atoms with Gasteiger partial charge in [-0.15, -0.1) is 0 Å². The molecule has 5 nitrogen and oxygen atoms in total. The third kappa shape index (κ3) is 10.9. The van der Waals surface area contributed by atoms with E-state index >= 15 is 0 Å². The SMILES string of the molecule is CCCCCCCCCCCCCCCCC1Nc2c(cccc2S(=O)(=O)[O-])N1Cc1ccccc1.[Na+]. The fraction of sp³-hybridized carbons (Fsp3) is 0.600. The van der Waals surface area contributed by atoms with Gasteiger partial charge in [0.25, 0.3) is 0 Å². The minimum atomic E-state index is -4.54. The molecule has 37 heavy (non-hydrogen) atoms. The number of hydrogen-bond acceptors (Lipinski definition) is 5. The number of hydrogen-bond donors (Lipinski definition) is 1. The van der Waals surface area contributed by atoms with Gasteiger partial charge in [0.2, 0.25) is 0 Å². The van der Waals surface area contributed by atoms with Crippen LogP contribution in [0.5, 0.6) is 0 Å². The normalized spacial score (nSPS) is 14.8. The molecule has 1 unspecified atom stereocenters. The summed E-state index contributed by atoms with van der Waals surface area (Å²) in [6, 6.07) is 15.2. The summed E-state index contributed by atoms with van der Waals surface area (Å²) in [5.41, 5.74) is 2.42. The van der Waals surface area contributed by atoms with Gasteiger partial charge in [-0.2, -0.15) is 0 Å². The van der Waals surface area contributed by atoms with Crippen LogP contribution in [0.3, 0.4) is 0 Å². The molecule has 2 aromatic rings. The molecule has 1 aliphatic heterocycles. The molecule has 0 aliphatic carbocycles. The maximum Gasteiger partial charge on any atom is 1.00 e. The van der Waals surface area contributed by atoms with Crippen LogP contribution in [0.2, 0.25) is 0 Å². The fourth-order valence-electron chi connectivity index (χ4n) is 5.26. The van der Waals surface area contributed by atoms with E-state index in [-0.39, 0.29) is 40.6 Å². The second-order valence-corrected chi connectivity index (χ2v) is 11.6. The minimum absolute atomic E-state index is 0. The Hall–Kier alpha value is -1.05. The van der Waals surface area contributed by atoms with Crippen LogP contribution >= 0.6 is 0 Å². The monoisotopic (exact) mass is 536 g/mol. The number of rotatable bonds is 18. The van der Waals surface area contributed by atoms with E-state index in [9.17, 15) is 13.0 Å². The van der Waals surface area contributed by atoms with Crippen molar-refractivity contribution in [2.45, 2.75) is 121 Å². The van der Waals surface area contributed by atoms with E-state index in [1.54, 1.807) is 6.07 Å². The van der Waals surface area contributed by atoms with Crippen molar-refractivity contribution in [3.05, 3.63) is 54.1 Å². The van der Waals surface area contributed by atoms with Gasteiger partial charge < -0.3 is 14.8 Å². The summed E-state index contributed by atoms with van der Waals surface area (Å²) in [7, 11) is -4.54. The van der Waals surface area contributed by atoms with Crippen molar-refractivity contribution in [1.29, 1.82) is 0 Å². The van der Waals surface area contributed by atoms with Crippen LogP contribution in [-0.2, 0) is 16.7 Å². The topological polar surface area (TPSA) is 72.5 Å². The number of nitrogens with one attached hydrogen (secondary N) is 1. The van der Waals surface area contributed by atoms with Gasteiger partial charge in [0.05, 0.1) is 22.4 Å². The van der Waals surface area contributed by atoms with E-state index < -0.39 is 10.1 Å². The summed E-state index contributed by atoms with van der Waals surface area (Å²) in [4.78, 5) is 2.06. The number of fused-ring (bicyclic) bond motifs is 1. The molecule has 1 N–H and O–H groups in total. The first-order chi connectivity index (χ1) is 17.5. The van der Waals surface area contributed by atoms with Gasteiger partial charge >= 0.3 is 29.6 Å². The van der Waals surface area contributed by atoms with Crippen molar-refractivity contribution in [2.75, 3.05) is 10.2 Å². The molecule has 0 radical (unpaired) electrons. The number of unbranched alkanes of at least 4 members (excludes halogenated alkanes) is 13. The first-order valence-corrected chi connectivity index (χ1v) is 15.6. The van der Waals surface area contributed by atoms with E-state index in [1.165, 1.54) is 89.5 Å². The molecule has 0 bridgehead atoms. The summed E-state index contributed by atoms with van der Waals surface area (Å²) < 4.78 is 35.5. The minimum Gasteiger partial charge on any atom is -0.744 e. The number of anilines is 2. The zero-order valence-electron chi connectivity index (χ0n) is 23.1. The smallest absolute Gasteiger partial charge is 0.744 e. The zero-order chi connectivity index (χ0) is 25.6. The average molecular weight is 537 g/mol. The van der Waals surface area contributed by atoms with Crippen molar-refractivity contribution in [2.24, 2.45) is 0 Å². The van der Waals surface area contributed by atoms with Gasteiger partial charge in [-0.25, -0.2) is 8.42 Å². The molecule has 0 saturated heterocycles. The van der Waals surface area contributed by atoms with Crippen LogP contribution < -0.4 is 39.8 Å². The van der Waals surface area contributed by atoms with Crippen LogP contribution in [0.25, 0.3) is 0 Å². The molecule has 1 heterocycles. The summed E-state index contributed by atoms with van der Waals surface area (Å²) in [6.07, 6.45) is 19.5. The molecule has 1 atom stereocenters. The Bertz CT molecular complexity index is 1000. The van der Waals surface area contributed by atoms with E-state index in [1.807, 2.05) is 24.3 Å². The second kappa shape index (κ2) is 17.5. The number of para-hydroxylation sites is 1. The van der Waals surface area contributed by atoms with Crippen LogP contribution in [-0.4, -0.2) is 19.1 Å². The van der Waals surface area contributed by atoms with Gasteiger partial charge in [-0.1, -0.05) is 127 Å². The molecule has 1 aliphatic rings. The van der Waals surface area contributed by atoms with Gasteiger partial charge in [0, 0.05) is 6.54 Å². The Morgan fingerprint density at radius 1 is 0.757 bits per heavy atom. The van der Waals surface area contributed by atoms with Crippen molar-refractivity contribution >= 4 is 21.5 Å². The van der Waals surface area contributed by atoms with Crippen molar-refractivity contribution in [1.82, 2.24) is 0 Å². The average Bonchev–Trinajstić information content (AvgIpc) is 3.21. The Balaban J connectivity index is 0.00000481. The third-order valence-electron chi connectivity index (χ3n) is 7.30. The molecule has 0 spiro atoms. The van der Waals surface area contributed by atoms with Crippen molar-refractivity contribution < 1.29 is 42.5 Å². The maximum absolute atomic E-state index is 11.8. The first-order valence-electron chi connectivity index (χ1n) is 14.2. The van der Waals surface area contributed by atoms with Crippen LogP contribution in [0, 0.1) is 0 Å². The molecular formula is C30H45N2NaO3S. The maximum atomic E-state index is 11.8. The zero-order valence-corrected chi connectivity index (χ0v) is 25.9. The molecule has 0 saturated carbocycles. The molecule has 7 heteroatoms. The van der Waals surface area contributed by atoms with E-state index in [4.69, 9.17) is 0 Å². The number of benzene rings is 2. The first kappa shape index (κ1) is 32.2. The largest absolute Gasteiger partial charge is 1.00 e. The Morgan fingerprint density at radius 2 is 1.30 bits per heavy atom. The summed E-state index contributed by atoms with van der Waals surface area (Å²) in [5, 5.41) is 3.37. The predicted molar refractivity (Wildman–Crippen MR) is 149 cm³/mol. The summed E-state index contributed by atoms with van der Waals surface area (Å²) in [6.45, 7) is 2.94. The molecule has 0 fully saturated rings. The van der Waals surface area contributed by atoms with Crippen molar-refractivity contribution in [3.8, 4) is 0 Å². The predicted octanol–water partition coefficient (Wildman–Crippen LogP) is 5.22. The Labute approximate surface area is 247 Å². The van der Waals surface area contributed by atoms with E-state index in [2.05, 4.69) is 29.3 Å². The third-order valence-corrected chi connectivity index (χ3v) is 8.18. The molecule has 2 aromatic carbocycles. The standard InChI is InChI=1S/C30H46N2O3S.Na/c1-2-3-4-5-6-7-8-9-10-11-12-13-14-18-24-29-31-30-27(22-19-23-28(30)36(33,34)35)32(29)25-26-20-16-15-17-21-26;/h15-17,19-23,29,31H,2-14,18,24-25H2,1H3,(H,33,34,35);/q;+1/p-1.